The summed E-state index contributed by atoms with van der Waals surface area (Å²) < 4.78 is 2.03. The number of hydrogen-bond donors (Lipinski definition) is 0. The lowest BCUT2D eigenvalue weighted by molar-refractivity contribution is 0.573. The Labute approximate surface area is 130 Å². The summed E-state index contributed by atoms with van der Waals surface area (Å²) in [4.78, 5) is 1.60. The van der Waals surface area contributed by atoms with E-state index in [4.69, 9.17) is 0 Å². The highest BCUT2D eigenvalue weighted by molar-refractivity contribution is 9.12. The predicted octanol–water partition coefficient (Wildman–Crippen LogP) is 3.97. The molecule has 0 bridgehead atoms. The number of halogens is 2. The van der Waals surface area contributed by atoms with Crippen LogP contribution in [0.15, 0.2) is 44.0 Å². The minimum atomic E-state index is 0.622. The van der Waals surface area contributed by atoms with Crippen molar-refractivity contribution in [3.05, 3.63) is 49.5 Å². The first-order valence-corrected chi connectivity index (χ1v) is 7.89. The number of thiophene rings is 1. The van der Waals surface area contributed by atoms with Gasteiger partial charge in [0, 0.05) is 5.56 Å². The smallest absolute Gasteiger partial charge is 0.159 e. The van der Waals surface area contributed by atoms with E-state index in [2.05, 4.69) is 47.3 Å². The summed E-state index contributed by atoms with van der Waals surface area (Å²) in [5, 5.41) is 12.6. The van der Waals surface area contributed by atoms with Crippen LogP contribution >= 0.6 is 43.2 Å². The van der Waals surface area contributed by atoms with Crippen LogP contribution in [0.5, 0.6) is 0 Å². The van der Waals surface area contributed by atoms with Crippen LogP contribution in [0.4, 0.5) is 0 Å². The highest BCUT2D eigenvalue weighted by atomic mass is 79.9. The second-order valence-electron chi connectivity index (χ2n) is 3.87. The zero-order valence-corrected chi connectivity index (χ0v) is 13.6. The maximum Gasteiger partial charge on any atom is 0.206 e. The maximum absolute atomic E-state index is 4.40. The quantitative estimate of drug-likeness (QED) is 0.669. The number of tetrazole rings is 1. The second-order valence-corrected chi connectivity index (χ2v) is 7.62. The Morgan fingerprint density at radius 1 is 1.16 bits per heavy atom. The van der Waals surface area contributed by atoms with Gasteiger partial charge in [0.15, 0.2) is 0 Å². The molecular weight excluding hydrogens is 392 g/mol. The molecule has 0 aliphatic rings. The van der Waals surface area contributed by atoms with E-state index in [-0.39, 0.29) is 0 Å². The van der Waals surface area contributed by atoms with Crippen molar-refractivity contribution in [2.45, 2.75) is 6.54 Å². The normalized spacial score (nSPS) is 10.8. The van der Waals surface area contributed by atoms with Gasteiger partial charge < -0.3 is 0 Å². The van der Waals surface area contributed by atoms with Gasteiger partial charge in [0.2, 0.25) is 5.82 Å². The molecule has 7 heteroatoms. The second kappa shape index (κ2) is 5.52. The van der Waals surface area contributed by atoms with E-state index in [1.165, 1.54) is 0 Å². The van der Waals surface area contributed by atoms with Crippen LogP contribution < -0.4 is 0 Å². The van der Waals surface area contributed by atoms with Gasteiger partial charge in [0.1, 0.15) is 0 Å². The van der Waals surface area contributed by atoms with E-state index >= 15 is 0 Å². The van der Waals surface area contributed by atoms with Gasteiger partial charge in [-0.2, -0.15) is 4.80 Å². The van der Waals surface area contributed by atoms with Gasteiger partial charge in [-0.25, -0.2) is 0 Å². The first kappa shape index (κ1) is 13.0. The Balaban J connectivity index is 1.86. The molecule has 0 fully saturated rings. The van der Waals surface area contributed by atoms with E-state index in [0.29, 0.717) is 12.4 Å². The SMILES string of the molecule is Brc1cc(-c2nnn(Cc3ccccc3)n2)c(Br)s1. The number of benzene rings is 1. The Morgan fingerprint density at radius 3 is 2.63 bits per heavy atom. The molecule has 4 nitrogen and oxygen atoms in total. The Hall–Kier alpha value is -1.05. The van der Waals surface area contributed by atoms with Crippen LogP contribution in [0.1, 0.15) is 5.56 Å². The molecule has 3 rings (SSSR count). The first-order valence-electron chi connectivity index (χ1n) is 5.49. The highest BCUT2D eigenvalue weighted by Gasteiger charge is 2.13. The molecule has 0 saturated heterocycles. The molecule has 96 valence electrons. The lowest BCUT2D eigenvalue weighted by atomic mass is 10.2. The third kappa shape index (κ3) is 2.93. The predicted molar refractivity (Wildman–Crippen MR) is 82.1 cm³/mol. The zero-order chi connectivity index (χ0) is 13.2. The van der Waals surface area contributed by atoms with Crippen molar-refractivity contribution in [1.29, 1.82) is 0 Å². The summed E-state index contributed by atoms with van der Waals surface area (Å²) in [5.74, 6) is 0.629. The Bertz CT molecular complexity index is 693. The molecule has 0 spiro atoms. The summed E-state index contributed by atoms with van der Waals surface area (Å²) in [6.45, 7) is 0.622. The molecule has 0 N–H and O–H groups in total. The van der Waals surface area contributed by atoms with Gasteiger partial charge in [-0.15, -0.1) is 21.5 Å². The van der Waals surface area contributed by atoms with Gasteiger partial charge in [-0.05, 0) is 48.7 Å². The van der Waals surface area contributed by atoms with Gasteiger partial charge in [0.25, 0.3) is 0 Å². The summed E-state index contributed by atoms with van der Waals surface area (Å²) in [6, 6.07) is 12.1. The molecule has 2 heterocycles. The lowest BCUT2D eigenvalue weighted by Gasteiger charge is -1.97. The molecule has 0 aliphatic heterocycles. The van der Waals surface area contributed by atoms with E-state index in [0.717, 1.165) is 18.7 Å². The zero-order valence-electron chi connectivity index (χ0n) is 9.62. The van der Waals surface area contributed by atoms with Crippen LogP contribution in [0.3, 0.4) is 0 Å². The number of hydrogen-bond acceptors (Lipinski definition) is 4. The van der Waals surface area contributed by atoms with E-state index in [1.54, 1.807) is 16.1 Å². The molecule has 0 unspecified atom stereocenters. The van der Waals surface area contributed by atoms with Gasteiger partial charge in [-0.3, -0.25) is 0 Å². The van der Waals surface area contributed by atoms with E-state index in [9.17, 15) is 0 Å². The number of nitrogens with zero attached hydrogens (tertiary/aromatic N) is 4. The summed E-state index contributed by atoms with van der Waals surface area (Å²) in [6.07, 6.45) is 0. The van der Waals surface area contributed by atoms with Crippen LogP contribution in [-0.4, -0.2) is 20.2 Å². The van der Waals surface area contributed by atoms with Gasteiger partial charge >= 0.3 is 0 Å². The van der Waals surface area contributed by atoms with Crippen molar-refractivity contribution in [1.82, 2.24) is 20.2 Å². The van der Waals surface area contributed by atoms with Crippen molar-refractivity contribution < 1.29 is 0 Å². The molecule has 0 saturated carbocycles. The molecule has 0 radical (unpaired) electrons. The van der Waals surface area contributed by atoms with Crippen molar-refractivity contribution in [3.8, 4) is 11.4 Å². The monoisotopic (exact) mass is 398 g/mol. The fourth-order valence-electron chi connectivity index (χ4n) is 1.66. The van der Waals surface area contributed by atoms with Crippen molar-refractivity contribution >= 4 is 43.2 Å². The van der Waals surface area contributed by atoms with Gasteiger partial charge in [-0.1, -0.05) is 30.3 Å². The number of rotatable bonds is 3. The minimum Gasteiger partial charge on any atom is -0.159 e. The molecule has 0 aliphatic carbocycles. The lowest BCUT2D eigenvalue weighted by Crippen LogP contribution is -2.03. The third-order valence-electron chi connectivity index (χ3n) is 2.52. The van der Waals surface area contributed by atoms with Crippen molar-refractivity contribution in [3.63, 3.8) is 0 Å². The number of aromatic nitrogens is 4. The molecule has 1 aromatic carbocycles. The minimum absolute atomic E-state index is 0.622. The largest absolute Gasteiger partial charge is 0.206 e. The Kier molecular flexibility index (Phi) is 3.76. The average Bonchev–Trinajstić information content (AvgIpc) is 2.97. The molecule has 2 aromatic heterocycles. The van der Waals surface area contributed by atoms with Crippen molar-refractivity contribution in [2.24, 2.45) is 0 Å². The van der Waals surface area contributed by atoms with Gasteiger partial charge in [0.05, 0.1) is 14.1 Å². The van der Waals surface area contributed by atoms with Crippen LogP contribution in [0.2, 0.25) is 0 Å². The maximum atomic E-state index is 4.40. The molecule has 19 heavy (non-hydrogen) atoms. The summed E-state index contributed by atoms with van der Waals surface area (Å²) in [5.41, 5.74) is 2.10. The van der Waals surface area contributed by atoms with Crippen molar-refractivity contribution in [2.75, 3.05) is 0 Å². The van der Waals surface area contributed by atoms with E-state index in [1.807, 2.05) is 36.4 Å². The average molecular weight is 400 g/mol. The fourth-order valence-corrected chi connectivity index (χ4v) is 4.45. The fraction of sp³-hybridized carbons (Fsp3) is 0.0833. The third-order valence-corrected chi connectivity index (χ3v) is 4.86. The van der Waals surface area contributed by atoms with Crippen LogP contribution in [0.25, 0.3) is 11.4 Å². The highest BCUT2D eigenvalue weighted by Crippen LogP contribution is 2.36. The molecule has 0 atom stereocenters. The first-order chi connectivity index (χ1) is 9.22. The van der Waals surface area contributed by atoms with Crippen LogP contribution in [-0.2, 0) is 6.54 Å². The summed E-state index contributed by atoms with van der Waals surface area (Å²) >= 11 is 8.54. The Morgan fingerprint density at radius 2 is 1.95 bits per heavy atom. The molecule has 0 amide bonds. The van der Waals surface area contributed by atoms with E-state index < -0.39 is 0 Å². The topological polar surface area (TPSA) is 43.6 Å². The molecule has 3 aromatic rings. The standard InChI is InChI=1S/C12H8Br2N4S/c13-10-6-9(11(14)19-10)12-15-17-18(16-12)7-8-4-2-1-3-5-8/h1-6H,7H2. The summed E-state index contributed by atoms with van der Waals surface area (Å²) in [7, 11) is 0. The van der Waals surface area contributed by atoms with Crippen LogP contribution in [0, 0.1) is 0 Å². The molecular formula is C12H8Br2N4S.